The second-order valence-electron chi connectivity index (χ2n) is 5.69. The van der Waals surface area contributed by atoms with Crippen LogP contribution < -0.4 is 30.7 Å². The number of carbonyl (C=O) groups excluding carboxylic acids is 2. The zero-order valence-corrected chi connectivity index (χ0v) is 16.3. The lowest BCUT2D eigenvalue weighted by Crippen LogP contribution is -2.34. The molecule has 2 aromatic rings. The summed E-state index contributed by atoms with van der Waals surface area (Å²) in [6, 6.07) is 11.9. The van der Waals surface area contributed by atoms with Crippen LogP contribution >= 0.6 is 24.4 Å². The van der Waals surface area contributed by atoms with Gasteiger partial charge in [0.15, 0.2) is 21.7 Å². The van der Waals surface area contributed by atoms with E-state index in [0.717, 1.165) is 0 Å². The summed E-state index contributed by atoms with van der Waals surface area (Å²) in [6.45, 7) is 1.51. The molecule has 0 radical (unpaired) electrons. The molecule has 8 nitrogen and oxygen atoms in total. The lowest BCUT2D eigenvalue weighted by atomic mass is 10.2. The number of ether oxygens (including phenoxy) is 2. The molecule has 0 saturated carbocycles. The second-order valence-corrected chi connectivity index (χ2v) is 6.51. The fraction of sp³-hybridized carbons (Fsp3) is 0.111. The van der Waals surface area contributed by atoms with Crippen molar-refractivity contribution in [2.75, 3.05) is 17.4 Å². The van der Waals surface area contributed by atoms with Gasteiger partial charge in [0.1, 0.15) is 0 Å². The molecule has 144 valence electrons. The van der Waals surface area contributed by atoms with Crippen molar-refractivity contribution in [2.45, 2.75) is 6.92 Å². The first-order valence-electron chi connectivity index (χ1n) is 8.11. The highest BCUT2D eigenvalue weighted by Gasteiger charge is 2.16. The van der Waals surface area contributed by atoms with Crippen molar-refractivity contribution in [2.24, 2.45) is 0 Å². The molecular formula is C18H16N4O4S2. The number of hydrogen-bond donors (Lipinski definition) is 4. The van der Waals surface area contributed by atoms with Gasteiger partial charge in [0.2, 0.25) is 12.7 Å². The van der Waals surface area contributed by atoms with E-state index in [4.69, 9.17) is 33.9 Å². The van der Waals surface area contributed by atoms with Crippen molar-refractivity contribution in [3.05, 3.63) is 48.0 Å². The molecule has 0 spiro atoms. The Kier molecular flexibility index (Phi) is 6.02. The van der Waals surface area contributed by atoms with Gasteiger partial charge in [-0.1, -0.05) is 0 Å². The Balaban J connectivity index is 1.53. The molecule has 4 N–H and O–H groups in total. The number of fused-ring (bicyclic) bond motifs is 1. The van der Waals surface area contributed by atoms with Gasteiger partial charge in [0.25, 0.3) is 5.91 Å². The molecule has 0 bridgehead atoms. The van der Waals surface area contributed by atoms with Crippen LogP contribution in [-0.2, 0) is 4.79 Å². The van der Waals surface area contributed by atoms with E-state index in [1.807, 2.05) is 0 Å². The second kappa shape index (κ2) is 8.63. The fourth-order valence-corrected chi connectivity index (χ4v) is 2.81. The quantitative estimate of drug-likeness (QED) is 0.566. The highest BCUT2D eigenvalue weighted by atomic mass is 32.1. The Morgan fingerprint density at radius 1 is 0.857 bits per heavy atom. The SMILES string of the molecule is CC(=O)NC(=S)Nc1ccc(NC(=S)NC(=O)c2ccc3c(c2)OCO3)cc1. The average molecular weight is 416 g/mol. The minimum atomic E-state index is -0.366. The molecule has 1 aliphatic heterocycles. The van der Waals surface area contributed by atoms with Crippen molar-refractivity contribution in [3.8, 4) is 11.5 Å². The maximum absolute atomic E-state index is 12.3. The summed E-state index contributed by atoms with van der Waals surface area (Å²) in [5.41, 5.74) is 1.77. The predicted molar refractivity (Wildman–Crippen MR) is 113 cm³/mol. The molecule has 0 fully saturated rings. The number of nitrogens with one attached hydrogen (secondary N) is 4. The number of hydrogen-bond acceptors (Lipinski definition) is 6. The lowest BCUT2D eigenvalue weighted by molar-refractivity contribution is -0.117. The number of amides is 2. The molecule has 28 heavy (non-hydrogen) atoms. The van der Waals surface area contributed by atoms with E-state index in [1.165, 1.54) is 6.92 Å². The van der Waals surface area contributed by atoms with Crippen LogP contribution in [0.25, 0.3) is 0 Å². The van der Waals surface area contributed by atoms with Gasteiger partial charge in [0, 0.05) is 23.9 Å². The number of carbonyl (C=O) groups is 2. The van der Waals surface area contributed by atoms with Gasteiger partial charge in [-0.05, 0) is 66.9 Å². The van der Waals surface area contributed by atoms with E-state index in [2.05, 4.69) is 21.3 Å². The minimum Gasteiger partial charge on any atom is -0.454 e. The third kappa shape index (κ3) is 5.15. The molecular weight excluding hydrogens is 400 g/mol. The largest absolute Gasteiger partial charge is 0.454 e. The topological polar surface area (TPSA) is 101 Å². The Labute approximate surface area is 171 Å². The summed E-state index contributed by atoms with van der Waals surface area (Å²) in [7, 11) is 0. The van der Waals surface area contributed by atoms with Gasteiger partial charge in [-0.2, -0.15) is 0 Å². The van der Waals surface area contributed by atoms with Gasteiger partial charge in [0.05, 0.1) is 0 Å². The van der Waals surface area contributed by atoms with Crippen molar-refractivity contribution >= 4 is 57.8 Å². The average Bonchev–Trinajstić information content (AvgIpc) is 3.10. The predicted octanol–water partition coefficient (Wildman–Crippen LogP) is 2.38. The third-order valence-electron chi connectivity index (χ3n) is 3.55. The van der Waals surface area contributed by atoms with Crippen molar-refractivity contribution < 1.29 is 19.1 Å². The monoisotopic (exact) mass is 416 g/mol. The van der Waals surface area contributed by atoms with Gasteiger partial charge < -0.3 is 25.4 Å². The maximum atomic E-state index is 12.3. The highest BCUT2D eigenvalue weighted by Crippen LogP contribution is 2.32. The van der Waals surface area contributed by atoms with Gasteiger partial charge in [-0.15, -0.1) is 0 Å². The summed E-state index contributed by atoms with van der Waals surface area (Å²) < 4.78 is 10.5. The van der Waals surface area contributed by atoms with Crippen LogP contribution in [0.2, 0.25) is 0 Å². The normalized spacial score (nSPS) is 11.3. The smallest absolute Gasteiger partial charge is 0.257 e. The standard InChI is InChI=1S/C18H16N4O4S2/c1-10(23)19-17(27)20-12-3-5-13(6-4-12)21-18(28)22-16(24)11-2-7-14-15(8-11)26-9-25-14/h2-8H,9H2,1H3,(H2,19,20,23,27)(H2,21,22,24,28). The zero-order chi connectivity index (χ0) is 20.1. The molecule has 0 atom stereocenters. The molecule has 10 heteroatoms. The Morgan fingerprint density at radius 3 is 2.04 bits per heavy atom. The first kappa shape index (κ1) is 19.5. The van der Waals surface area contributed by atoms with Crippen LogP contribution in [0.1, 0.15) is 17.3 Å². The van der Waals surface area contributed by atoms with Crippen molar-refractivity contribution in [1.29, 1.82) is 0 Å². The van der Waals surface area contributed by atoms with E-state index < -0.39 is 0 Å². The summed E-state index contributed by atoms with van der Waals surface area (Å²) in [5, 5.41) is 11.2. The zero-order valence-electron chi connectivity index (χ0n) is 14.7. The van der Waals surface area contributed by atoms with E-state index in [-0.39, 0.29) is 28.8 Å². The fourth-order valence-electron chi connectivity index (χ4n) is 2.33. The van der Waals surface area contributed by atoms with Gasteiger partial charge in [-0.25, -0.2) is 0 Å². The van der Waals surface area contributed by atoms with Crippen molar-refractivity contribution in [1.82, 2.24) is 10.6 Å². The van der Waals surface area contributed by atoms with Gasteiger partial charge >= 0.3 is 0 Å². The Morgan fingerprint density at radius 2 is 1.43 bits per heavy atom. The van der Waals surface area contributed by atoms with E-state index in [1.54, 1.807) is 42.5 Å². The van der Waals surface area contributed by atoms with E-state index in [0.29, 0.717) is 28.4 Å². The summed E-state index contributed by atoms with van der Waals surface area (Å²) in [4.78, 5) is 23.3. The third-order valence-corrected chi connectivity index (χ3v) is 3.96. The van der Waals surface area contributed by atoms with E-state index in [9.17, 15) is 9.59 Å². The molecule has 0 saturated heterocycles. The lowest BCUT2D eigenvalue weighted by Gasteiger charge is -2.11. The van der Waals surface area contributed by atoms with Crippen LogP contribution in [0, 0.1) is 0 Å². The number of benzene rings is 2. The van der Waals surface area contributed by atoms with Crippen LogP contribution in [0.5, 0.6) is 11.5 Å². The summed E-state index contributed by atoms with van der Waals surface area (Å²) in [5.74, 6) is 0.504. The molecule has 0 aliphatic carbocycles. The molecule has 2 amide bonds. The molecule has 3 rings (SSSR count). The number of thiocarbonyl (C=S) groups is 2. The van der Waals surface area contributed by atoms with Crippen LogP contribution in [-0.4, -0.2) is 28.8 Å². The van der Waals surface area contributed by atoms with Crippen LogP contribution in [0.4, 0.5) is 11.4 Å². The first-order chi connectivity index (χ1) is 13.4. The molecule has 1 aliphatic rings. The molecule has 0 aromatic heterocycles. The summed E-state index contributed by atoms with van der Waals surface area (Å²) >= 11 is 10.2. The Hall–Kier alpha value is -3.24. The maximum Gasteiger partial charge on any atom is 0.257 e. The Bertz CT molecular complexity index is 947. The summed E-state index contributed by atoms with van der Waals surface area (Å²) in [6.07, 6.45) is 0. The van der Waals surface area contributed by atoms with E-state index >= 15 is 0 Å². The number of anilines is 2. The molecule has 1 heterocycles. The highest BCUT2D eigenvalue weighted by molar-refractivity contribution is 7.80. The van der Waals surface area contributed by atoms with Crippen LogP contribution in [0.3, 0.4) is 0 Å². The number of rotatable bonds is 3. The first-order valence-corrected chi connectivity index (χ1v) is 8.93. The molecule has 0 unspecified atom stereocenters. The van der Waals surface area contributed by atoms with Gasteiger partial charge in [-0.3, -0.25) is 14.9 Å². The minimum absolute atomic E-state index is 0.140. The van der Waals surface area contributed by atoms with Crippen LogP contribution in [0.15, 0.2) is 42.5 Å². The van der Waals surface area contributed by atoms with Crippen molar-refractivity contribution in [3.63, 3.8) is 0 Å². The molecule has 2 aromatic carbocycles.